The number of cyclic esters (lactones) is 1. The molecule has 2 unspecified atom stereocenters. The number of esters is 1. The zero-order valence-corrected chi connectivity index (χ0v) is 8.85. The lowest BCUT2D eigenvalue weighted by molar-refractivity contribution is -0.141. The molecule has 0 aromatic rings. The summed E-state index contributed by atoms with van der Waals surface area (Å²) in [5, 5.41) is -0.392. The fraction of sp³-hybridized carbons (Fsp3) is 0.900. The molecule has 0 bridgehead atoms. The van der Waals surface area contributed by atoms with E-state index in [4.69, 9.17) is 16.3 Å². The molecule has 0 radical (unpaired) electrons. The molecule has 2 nitrogen and oxygen atoms in total. The van der Waals surface area contributed by atoms with Gasteiger partial charge in [-0.05, 0) is 12.8 Å². The van der Waals surface area contributed by atoms with Gasteiger partial charge in [0.1, 0.15) is 11.5 Å². The van der Waals surface area contributed by atoms with Crippen LogP contribution in [0.4, 0.5) is 0 Å². The van der Waals surface area contributed by atoms with Crippen LogP contribution < -0.4 is 0 Å². The summed E-state index contributed by atoms with van der Waals surface area (Å²) in [4.78, 5) is 10.9. The average Bonchev–Trinajstić information content (AvgIpc) is 2.41. The van der Waals surface area contributed by atoms with E-state index in [9.17, 15) is 4.79 Å². The van der Waals surface area contributed by atoms with Crippen LogP contribution in [0.1, 0.15) is 45.4 Å². The SMILES string of the molecule is CCCCCCC1CC(Cl)C(=O)O1. The standard InChI is InChI=1S/C10H17ClO2/c1-2-3-4-5-6-8-7-9(11)10(12)13-8/h8-9H,2-7H2,1H3. The summed E-state index contributed by atoms with van der Waals surface area (Å²) >= 11 is 5.72. The highest BCUT2D eigenvalue weighted by Crippen LogP contribution is 2.23. The highest BCUT2D eigenvalue weighted by molar-refractivity contribution is 6.30. The van der Waals surface area contributed by atoms with Crippen molar-refractivity contribution in [2.75, 3.05) is 0 Å². The zero-order chi connectivity index (χ0) is 9.68. The number of ether oxygens (including phenoxy) is 1. The third-order valence-corrected chi connectivity index (χ3v) is 2.74. The molecule has 13 heavy (non-hydrogen) atoms. The van der Waals surface area contributed by atoms with Crippen LogP contribution in [0.3, 0.4) is 0 Å². The highest BCUT2D eigenvalue weighted by Gasteiger charge is 2.31. The first-order valence-electron chi connectivity index (χ1n) is 5.08. The molecule has 1 saturated heterocycles. The van der Waals surface area contributed by atoms with Gasteiger partial charge in [-0.15, -0.1) is 11.6 Å². The molecule has 1 heterocycles. The maximum atomic E-state index is 10.9. The molecule has 3 heteroatoms. The van der Waals surface area contributed by atoms with Crippen LogP contribution in [0.25, 0.3) is 0 Å². The van der Waals surface area contributed by atoms with Crippen molar-refractivity contribution in [3.63, 3.8) is 0 Å². The fourth-order valence-electron chi connectivity index (χ4n) is 1.59. The van der Waals surface area contributed by atoms with Gasteiger partial charge in [0.25, 0.3) is 0 Å². The number of unbranched alkanes of at least 4 members (excludes halogenated alkanes) is 3. The molecule has 1 aliphatic heterocycles. The van der Waals surface area contributed by atoms with Gasteiger partial charge in [0, 0.05) is 6.42 Å². The summed E-state index contributed by atoms with van der Waals surface area (Å²) in [6.07, 6.45) is 6.66. The van der Waals surface area contributed by atoms with Crippen LogP contribution in [0, 0.1) is 0 Å². The van der Waals surface area contributed by atoms with Crippen LogP contribution in [0.5, 0.6) is 0 Å². The highest BCUT2D eigenvalue weighted by atomic mass is 35.5. The summed E-state index contributed by atoms with van der Waals surface area (Å²) in [6, 6.07) is 0. The van der Waals surface area contributed by atoms with E-state index in [1.807, 2.05) is 0 Å². The molecule has 1 fully saturated rings. The van der Waals surface area contributed by atoms with Gasteiger partial charge in [0.05, 0.1) is 0 Å². The molecule has 0 amide bonds. The van der Waals surface area contributed by atoms with E-state index in [-0.39, 0.29) is 12.1 Å². The Morgan fingerprint density at radius 1 is 1.46 bits per heavy atom. The number of carbonyl (C=O) groups excluding carboxylic acids is 1. The Kier molecular flexibility index (Phi) is 4.57. The van der Waals surface area contributed by atoms with Crippen molar-refractivity contribution in [2.45, 2.75) is 56.9 Å². The second-order valence-corrected chi connectivity index (χ2v) is 4.14. The molecule has 0 N–H and O–H groups in total. The minimum atomic E-state index is -0.392. The van der Waals surface area contributed by atoms with E-state index >= 15 is 0 Å². The number of carbonyl (C=O) groups is 1. The van der Waals surface area contributed by atoms with Crippen molar-refractivity contribution in [1.29, 1.82) is 0 Å². The fourth-order valence-corrected chi connectivity index (χ4v) is 1.84. The van der Waals surface area contributed by atoms with E-state index < -0.39 is 5.38 Å². The Balaban J connectivity index is 2.07. The monoisotopic (exact) mass is 204 g/mol. The van der Waals surface area contributed by atoms with E-state index in [0.29, 0.717) is 6.42 Å². The van der Waals surface area contributed by atoms with Crippen molar-refractivity contribution in [3.05, 3.63) is 0 Å². The van der Waals surface area contributed by atoms with Gasteiger partial charge in [0.2, 0.25) is 0 Å². The molecule has 2 atom stereocenters. The molecule has 76 valence electrons. The molecular weight excluding hydrogens is 188 g/mol. The Morgan fingerprint density at radius 2 is 2.23 bits per heavy atom. The first kappa shape index (κ1) is 10.8. The third kappa shape index (κ3) is 3.55. The summed E-state index contributed by atoms with van der Waals surface area (Å²) < 4.78 is 5.08. The number of halogens is 1. The molecule has 0 aromatic heterocycles. The Labute approximate surface area is 84.6 Å². The Hall–Kier alpha value is -0.240. The summed E-state index contributed by atoms with van der Waals surface area (Å²) in [5.41, 5.74) is 0. The van der Waals surface area contributed by atoms with Gasteiger partial charge < -0.3 is 4.74 Å². The summed E-state index contributed by atoms with van der Waals surface area (Å²) in [5.74, 6) is -0.234. The molecular formula is C10H17ClO2. The second kappa shape index (κ2) is 5.48. The first-order valence-corrected chi connectivity index (χ1v) is 5.52. The lowest BCUT2D eigenvalue weighted by atomic mass is 10.1. The van der Waals surface area contributed by atoms with Crippen LogP contribution in [-0.4, -0.2) is 17.5 Å². The summed E-state index contributed by atoms with van der Waals surface area (Å²) in [7, 11) is 0. The lowest BCUT2D eigenvalue weighted by Gasteiger charge is -2.07. The minimum absolute atomic E-state index is 0.0897. The van der Waals surface area contributed by atoms with E-state index in [1.165, 1.54) is 19.3 Å². The molecule has 0 aromatic carbocycles. The van der Waals surface area contributed by atoms with Crippen molar-refractivity contribution < 1.29 is 9.53 Å². The van der Waals surface area contributed by atoms with Crippen molar-refractivity contribution in [1.82, 2.24) is 0 Å². The Morgan fingerprint density at radius 3 is 2.77 bits per heavy atom. The predicted molar refractivity (Wildman–Crippen MR) is 52.9 cm³/mol. The summed E-state index contributed by atoms with van der Waals surface area (Å²) in [6.45, 7) is 2.18. The number of alkyl halides is 1. The molecule has 1 rings (SSSR count). The molecule has 0 saturated carbocycles. The molecule has 0 aliphatic carbocycles. The van der Waals surface area contributed by atoms with Gasteiger partial charge in [-0.1, -0.05) is 26.2 Å². The van der Waals surface area contributed by atoms with Crippen molar-refractivity contribution >= 4 is 17.6 Å². The van der Waals surface area contributed by atoms with Gasteiger partial charge in [0.15, 0.2) is 0 Å². The van der Waals surface area contributed by atoms with E-state index in [2.05, 4.69) is 6.92 Å². The largest absolute Gasteiger partial charge is 0.461 e. The lowest BCUT2D eigenvalue weighted by Crippen LogP contribution is -2.06. The van der Waals surface area contributed by atoms with Gasteiger partial charge in [-0.2, -0.15) is 0 Å². The quantitative estimate of drug-likeness (QED) is 0.391. The van der Waals surface area contributed by atoms with Crippen LogP contribution >= 0.6 is 11.6 Å². The van der Waals surface area contributed by atoms with E-state index in [0.717, 1.165) is 12.8 Å². The van der Waals surface area contributed by atoms with Crippen LogP contribution in [0.15, 0.2) is 0 Å². The third-order valence-electron chi connectivity index (χ3n) is 2.39. The topological polar surface area (TPSA) is 26.3 Å². The van der Waals surface area contributed by atoms with Crippen molar-refractivity contribution in [3.8, 4) is 0 Å². The smallest absolute Gasteiger partial charge is 0.324 e. The predicted octanol–water partition coefficient (Wildman–Crippen LogP) is 2.88. The van der Waals surface area contributed by atoms with Gasteiger partial charge in [-0.25, -0.2) is 0 Å². The van der Waals surface area contributed by atoms with Crippen LogP contribution in [0.2, 0.25) is 0 Å². The normalized spacial score (nSPS) is 27.7. The van der Waals surface area contributed by atoms with E-state index in [1.54, 1.807) is 0 Å². The average molecular weight is 205 g/mol. The van der Waals surface area contributed by atoms with Gasteiger partial charge >= 0.3 is 5.97 Å². The number of hydrogen-bond donors (Lipinski definition) is 0. The number of rotatable bonds is 5. The second-order valence-electron chi connectivity index (χ2n) is 3.61. The van der Waals surface area contributed by atoms with Crippen LogP contribution in [-0.2, 0) is 9.53 Å². The zero-order valence-electron chi connectivity index (χ0n) is 8.09. The molecule has 1 aliphatic rings. The maximum absolute atomic E-state index is 10.9. The molecule has 0 spiro atoms. The maximum Gasteiger partial charge on any atom is 0.324 e. The minimum Gasteiger partial charge on any atom is -0.461 e. The van der Waals surface area contributed by atoms with Crippen molar-refractivity contribution in [2.24, 2.45) is 0 Å². The first-order chi connectivity index (χ1) is 6.24. The Bertz CT molecular complexity index is 170. The number of hydrogen-bond acceptors (Lipinski definition) is 2. The van der Waals surface area contributed by atoms with Gasteiger partial charge in [-0.3, -0.25) is 4.79 Å².